The highest BCUT2D eigenvalue weighted by atomic mass is 16.3. The van der Waals surface area contributed by atoms with Gasteiger partial charge < -0.3 is 9.73 Å². The van der Waals surface area contributed by atoms with Crippen LogP contribution in [0.4, 0.5) is 0 Å². The van der Waals surface area contributed by atoms with Gasteiger partial charge in [0.1, 0.15) is 5.76 Å². The predicted octanol–water partition coefficient (Wildman–Crippen LogP) is 4.12. The number of hydrogen-bond donors (Lipinski definition) is 1. The van der Waals surface area contributed by atoms with Gasteiger partial charge in [-0.1, -0.05) is 33.1 Å². The van der Waals surface area contributed by atoms with Gasteiger partial charge in [-0.25, -0.2) is 0 Å². The van der Waals surface area contributed by atoms with Crippen LogP contribution in [0, 0.1) is 0 Å². The van der Waals surface area contributed by atoms with Gasteiger partial charge in [-0.15, -0.1) is 0 Å². The Bertz CT molecular complexity index is 268. The Hall–Kier alpha value is -0.760. The lowest BCUT2D eigenvalue weighted by atomic mass is 9.91. The molecule has 0 spiro atoms. The maximum atomic E-state index is 5.34. The molecule has 0 saturated heterocycles. The highest BCUT2D eigenvalue weighted by molar-refractivity contribution is 4.98. The first kappa shape index (κ1) is 13.3. The first-order chi connectivity index (χ1) is 7.70. The van der Waals surface area contributed by atoms with Crippen LogP contribution in [0.15, 0.2) is 22.8 Å². The third kappa shape index (κ3) is 4.40. The van der Waals surface area contributed by atoms with Crippen molar-refractivity contribution in [3.05, 3.63) is 24.2 Å². The standard InChI is InChI=1S/C14H25NO/c1-4-6-7-10-14(3,5-2)15-12-13-9-8-11-16-13/h8-9,11,15H,4-7,10,12H2,1-3H3. The normalized spacial score (nSPS) is 14.9. The van der Waals surface area contributed by atoms with Crippen molar-refractivity contribution in [3.8, 4) is 0 Å². The molecule has 2 nitrogen and oxygen atoms in total. The summed E-state index contributed by atoms with van der Waals surface area (Å²) in [5.74, 6) is 1.02. The number of rotatable bonds is 8. The summed E-state index contributed by atoms with van der Waals surface area (Å²) in [6.07, 6.45) is 8.08. The van der Waals surface area contributed by atoms with Crippen molar-refractivity contribution in [1.82, 2.24) is 5.32 Å². The average molecular weight is 223 g/mol. The van der Waals surface area contributed by atoms with Crippen LogP contribution in [0.3, 0.4) is 0 Å². The van der Waals surface area contributed by atoms with Crippen LogP contribution in [0.5, 0.6) is 0 Å². The van der Waals surface area contributed by atoms with Crippen LogP contribution in [-0.2, 0) is 6.54 Å². The summed E-state index contributed by atoms with van der Waals surface area (Å²) < 4.78 is 5.34. The van der Waals surface area contributed by atoms with Crippen molar-refractivity contribution in [1.29, 1.82) is 0 Å². The summed E-state index contributed by atoms with van der Waals surface area (Å²) in [4.78, 5) is 0. The van der Waals surface area contributed by atoms with E-state index in [1.165, 1.54) is 25.7 Å². The number of nitrogens with one attached hydrogen (secondary N) is 1. The van der Waals surface area contributed by atoms with Crippen LogP contribution in [0.25, 0.3) is 0 Å². The van der Waals surface area contributed by atoms with Gasteiger partial charge >= 0.3 is 0 Å². The Morgan fingerprint density at radius 1 is 1.31 bits per heavy atom. The summed E-state index contributed by atoms with van der Waals surface area (Å²) in [6.45, 7) is 7.65. The third-order valence-corrected chi connectivity index (χ3v) is 3.38. The first-order valence-corrected chi connectivity index (χ1v) is 6.47. The SMILES string of the molecule is CCCCCC(C)(CC)NCc1ccco1. The Labute approximate surface area is 99.4 Å². The zero-order valence-corrected chi connectivity index (χ0v) is 10.9. The fourth-order valence-electron chi connectivity index (χ4n) is 1.87. The minimum Gasteiger partial charge on any atom is -0.468 e. The van der Waals surface area contributed by atoms with Gasteiger partial charge in [0, 0.05) is 5.54 Å². The van der Waals surface area contributed by atoms with Gasteiger partial charge in [-0.05, 0) is 31.9 Å². The molecule has 0 radical (unpaired) electrons. The molecule has 1 unspecified atom stereocenters. The summed E-state index contributed by atoms with van der Waals surface area (Å²) in [5.41, 5.74) is 0.252. The minimum absolute atomic E-state index is 0.252. The fraction of sp³-hybridized carbons (Fsp3) is 0.714. The molecule has 0 aliphatic carbocycles. The second-order valence-corrected chi connectivity index (χ2v) is 4.80. The molecule has 0 aromatic carbocycles. The molecule has 0 amide bonds. The van der Waals surface area contributed by atoms with Gasteiger partial charge in [-0.2, -0.15) is 0 Å². The topological polar surface area (TPSA) is 25.2 Å². The summed E-state index contributed by atoms with van der Waals surface area (Å²) in [6, 6.07) is 3.96. The van der Waals surface area contributed by atoms with E-state index in [1.807, 2.05) is 12.1 Å². The van der Waals surface area contributed by atoms with Gasteiger partial charge in [-0.3, -0.25) is 0 Å². The summed E-state index contributed by atoms with van der Waals surface area (Å²) in [7, 11) is 0. The Morgan fingerprint density at radius 3 is 2.69 bits per heavy atom. The minimum atomic E-state index is 0.252. The molecule has 0 aliphatic heterocycles. The molecule has 16 heavy (non-hydrogen) atoms. The van der Waals surface area contributed by atoms with Crippen molar-refractivity contribution < 1.29 is 4.42 Å². The summed E-state index contributed by atoms with van der Waals surface area (Å²) >= 11 is 0. The molecule has 0 saturated carbocycles. The van der Waals surface area contributed by atoms with Gasteiger partial charge in [0.25, 0.3) is 0 Å². The van der Waals surface area contributed by atoms with Crippen LogP contribution >= 0.6 is 0 Å². The predicted molar refractivity (Wildman–Crippen MR) is 68.4 cm³/mol. The average Bonchev–Trinajstić information content (AvgIpc) is 2.80. The van der Waals surface area contributed by atoms with E-state index < -0.39 is 0 Å². The van der Waals surface area contributed by atoms with E-state index in [4.69, 9.17) is 4.42 Å². The number of hydrogen-bond acceptors (Lipinski definition) is 2. The van der Waals surface area contributed by atoms with Gasteiger partial charge in [0.05, 0.1) is 12.8 Å². The van der Waals surface area contributed by atoms with E-state index in [9.17, 15) is 0 Å². The molecule has 1 atom stereocenters. The largest absolute Gasteiger partial charge is 0.468 e. The first-order valence-electron chi connectivity index (χ1n) is 6.47. The van der Waals surface area contributed by atoms with Crippen molar-refractivity contribution >= 4 is 0 Å². The Morgan fingerprint density at radius 2 is 2.12 bits per heavy atom. The van der Waals surface area contributed by atoms with Gasteiger partial charge in [0.15, 0.2) is 0 Å². The Balaban J connectivity index is 2.34. The molecule has 0 bridgehead atoms. The molecule has 2 heteroatoms. The molecule has 1 rings (SSSR count). The number of furan rings is 1. The molecule has 0 fully saturated rings. The van der Waals surface area contributed by atoms with Crippen LogP contribution < -0.4 is 5.32 Å². The maximum absolute atomic E-state index is 5.34. The molecule has 92 valence electrons. The lowest BCUT2D eigenvalue weighted by Gasteiger charge is -2.29. The summed E-state index contributed by atoms with van der Waals surface area (Å²) in [5, 5.41) is 3.61. The van der Waals surface area contributed by atoms with E-state index in [0.717, 1.165) is 18.7 Å². The zero-order valence-electron chi connectivity index (χ0n) is 10.9. The highest BCUT2D eigenvalue weighted by Gasteiger charge is 2.20. The molecule has 1 N–H and O–H groups in total. The smallest absolute Gasteiger partial charge is 0.117 e. The molecular weight excluding hydrogens is 198 g/mol. The van der Waals surface area contributed by atoms with Crippen LogP contribution in [0.2, 0.25) is 0 Å². The van der Waals surface area contributed by atoms with Crippen LogP contribution in [0.1, 0.15) is 58.6 Å². The molecule has 1 aromatic rings. The van der Waals surface area contributed by atoms with E-state index in [1.54, 1.807) is 6.26 Å². The molecule has 0 aliphatic rings. The fourth-order valence-corrected chi connectivity index (χ4v) is 1.87. The third-order valence-electron chi connectivity index (χ3n) is 3.38. The Kier molecular flexibility index (Phi) is 5.61. The molecule has 1 aromatic heterocycles. The second kappa shape index (κ2) is 6.74. The van der Waals surface area contributed by atoms with Crippen molar-refractivity contribution in [3.63, 3.8) is 0 Å². The second-order valence-electron chi connectivity index (χ2n) is 4.80. The lowest BCUT2D eigenvalue weighted by Crippen LogP contribution is -2.41. The maximum Gasteiger partial charge on any atom is 0.117 e. The van der Waals surface area contributed by atoms with E-state index in [2.05, 4.69) is 26.1 Å². The quantitative estimate of drug-likeness (QED) is 0.671. The molecule has 1 heterocycles. The number of unbranched alkanes of at least 4 members (excludes halogenated alkanes) is 2. The van der Waals surface area contributed by atoms with Crippen molar-refractivity contribution in [2.75, 3.05) is 0 Å². The lowest BCUT2D eigenvalue weighted by molar-refractivity contribution is 0.294. The van der Waals surface area contributed by atoms with E-state index >= 15 is 0 Å². The van der Waals surface area contributed by atoms with Crippen LogP contribution in [-0.4, -0.2) is 5.54 Å². The zero-order chi connectivity index (χ0) is 11.9. The van der Waals surface area contributed by atoms with E-state index in [-0.39, 0.29) is 5.54 Å². The monoisotopic (exact) mass is 223 g/mol. The highest BCUT2D eigenvalue weighted by Crippen LogP contribution is 2.19. The van der Waals surface area contributed by atoms with Crippen molar-refractivity contribution in [2.45, 2.75) is 65.0 Å². The van der Waals surface area contributed by atoms with E-state index in [0.29, 0.717) is 0 Å². The molecular formula is C14H25NO. The van der Waals surface area contributed by atoms with Crippen molar-refractivity contribution in [2.24, 2.45) is 0 Å². The van der Waals surface area contributed by atoms with Gasteiger partial charge in [0.2, 0.25) is 0 Å².